The van der Waals surface area contributed by atoms with Crippen molar-refractivity contribution in [1.82, 2.24) is 14.5 Å². The molecule has 174 valence electrons. The molecule has 0 aliphatic heterocycles. The molecule has 0 unspecified atom stereocenters. The summed E-state index contributed by atoms with van der Waals surface area (Å²) in [4.78, 5) is 32.7. The molecule has 0 amide bonds. The van der Waals surface area contributed by atoms with Crippen LogP contribution in [-0.2, 0) is 12.8 Å². The Morgan fingerprint density at radius 2 is 1.38 bits per heavy atom. The molecule has 7 heteroatoms. The number of hydrogen-bond donors (Lipinski definition) is 0. The maximum Gasteiger partial charge on any atom is 0.346 e. The minimum atomic E-state index is -0.325. The van der Waals surface area contributed by atoms with Gasteiger partial charge in [-0.05, 0) is 48.5 Å². The van der Waals surface area contributed by atoms with E-state index >= 15 is 0 Å². The van der Waals surface area contributed by atoms with Gasteiger partial charge in [-0.2, -0.15) is 0 Å². The van der Waals surface area contributed by atoms with E-state index in [-0.39, 0.29) is 24.4 Å². The zero-order chi connectivity index (χ0) is 23.4. The standard InChI is InChI=1S/C16H13FN2O.C10H9NO2.CH4/c1-2-15-18-14-6-4-3-5-13(14)16(20)19(15)12-9-7-11(17)8-10-12;1-2-9-11-8-6-4-3-5-7(8)10(12)13-9;/h3-10H,2H2,1H3;3-6H,2H2,1H3;1H4. The minimum absolute atomic E-state index is 0. The summed E-state index contributed by atoms with van der Waals surface area (Å²) < 4.78 is 19.6. The lowest BCUT2D eigenvalue weighted by Gasteiger charge is -2.12. The van der Waals surface area contributed by atoms with E-state index in [0.29, 0.717) is 52.1 Å². The van der Waals surface area contributed by atoms with Crippen LogP contribution in [0.5, 0.6) is 0 Å². The summed E-state index contributed by atoms with van der Waals surface area (Å²) in [5.41, 5.74) is 1.59. The van der Waals surface area contributed by atoms with Gasteiger partial charge in [0, 0.05) is 12.8 Å². The van der Waals surface area contributed by atoms with E-state index in [9.17, 15) is 14.0 Å². The number of rotatable bonds is 3. The average Bonchev–Trinajstić information content (AvgIpc) is 2.85. The third-order valence-corrected chi connectivity index (χ3v) is 5.13. The van der Waals surface area contributed by atoms with Crippen LogP contribution in [0.1, 0.15) is 33.0 Å². The van der Waals surface area contributed by atoms with Crippen molar-refractivity contribution in [2.45, 2.75) is 34.1 Å². The van der Waals surface area contributed by atoms with Crippen LogP contribution in [0.4, 0.5) is 4.39 Å². The molecule has 0 fully saturated rings. The Morgan fingerprint density at radius 1 is 0.794 bits per heavy atom. The molecule has 6 nitrogen and oxygen atoms in total. The fourth-order valence-electron chi connectivity index (χ4n) is 3.49. The number of para-hydroxylation sites is 2. The first-order chi connectivity index (χ1) is 16.0. The van der Waals surface area contributed by atoms with E-state index < -0.39 is 0 Å². The van der Waals surface area contributed by atoms with Crippen LogP contribution in [-0.4, -0.2) is 14.5 Å². The zero-order valence-corrected chi connectivity index (χ0v) is 18.3. The van der Waals surface area contributed by atoms with Gasteiger partial charge in [-0.3, -0.25) is 9.36 Å². The van der Waals surface area contributed by atoms with Crippen LogP contribution >= 0.6 is 0 Å². The first kappa shape index (κ1) is 24.5. The molecule has 0 aliphatic carbocycles. The number of halogens is 1. The van der Waals surface area contributed by atoms with Crippen LogP contribution in [0.15, 0.2) is 86.8 Å². The highest BCUT2D eigenvalue weighted by molar-refractivity contribution is 5.78. The average molecular weight is 460 g/mol. The quantitative estimate of drug-likeness (QED) is 0.357. The van der Waals surface area contributed by atoms with Gasteiger partial charge in [-0.1, -0.05) is 45.5 Å². The number of fused-ring (bicyclic) bond motifs is 2. The second-order valence-corrected chi connectivity index (χ2v) is 7.28. The van der Waals surface area contributed by atoms with Gasteiger partial charge in [0.05, 0.1) is 27.5 Å². The van der Waals surface area contributed by atoms with Gasteiger partial charge in [0.25, 0.3) is 5.56 Å². The Balaban J connectivity index is 0.000000201. The maximum absolute atomic E-state index is 13.0. The van der Waals surface area contributed by atoms with Crippen molar-refractivity contribution in [1.29, 1.82) is 0 Å². The summed E-state index contributed by atoms with van der Waals surface area (Å²) in [6.45, 7) is 3.84. The summed E-state index contributed by atoms with van der Waals surface area (Å²) in [6, 6.07) is 20.3. The highest BCUT2D eigenvalue weighted by atomic mass is 19.1. The molecule has 5 aromatic rings. The highest BCUT2D eigenvalue weighted by Gasteiger charge is 2.11. The van der Waals surface area contributed by atoms with E-state index in [2.05, 4.69) is 9.97 Å². The molecule has 0 N–H and O–H groups in total. The second kappa shape index (κ2) is 10.7. The monoisotopic (exact) mass is 459 g/mol. The Hall–Kier alpha value is -4.13. The van der Waals surface area contributed by atoms with Crippen molar-refractivity contribution in [3.63, 3.8) is 0 Å². The zero-order valence-electron chi connectivity index (χ0n) is 18.3. The van der Waals surface area contributed by atoms with Gasteiger partial charge in [-0.15, -0.1) is 0 Å². The highest BCUT2D eigenvalue weighted by Crippen LogP contribution is 2.14. The van der Waals surface area contributed by atoms with Gasteiger partial charge < -0.3 is 4.42 Å². The molecule has 5 rings (SSSR count). The number of nitrogens with zero attached hydrogens (tertiary/aromatic N) is 3. The first-order valence-corrected chi connectivity index (χ1v) is 10.7. The predicted molar refractivity (Wildman–Crippen MR) is 133 cm³/mol. The van der Waals surface area contributed by atoms with Crippen LogP contribution in [0, 0.1) is 5.82 Å². The minimum Gasteiger partial charge on any atom is -0.408 e. The maximum atomic E-state index is 13.0. The SMILES string of the molecule is C.CCc1nc2ccccc2c(=O)n1-c1ccc(F)cc1.CCc1nc2ccccc2c(=O)o1. The van der Waals surface area contributed by atoms with E-state index in [1.54, 1.807) is 34.9 Å². The third-order valence-electron chi connectivity index (χ3n) is 5.13. The van der Waals surface area contributed by atoms with Gasteiger partial charge in [-0.25, -0.2) is 19.2 Å². The topological polar surface area (TPSA) is 78.0 Å². The van der Waals surface area contributed by atoms with Gasteiger partial charge >= 0.3 is 5.63 Å². The fourth-order valence-corrected chi connectivity index (χ4v) is 3.49. The normalized spacial score (nSPS) is 10.4. The summed E-state index contributed by atoms with van der Waals surface area (Å²) >= 11 is 0. The lowest BCUT2D eigenvalue weighted by atomic mass is 10.2. The lowest BCUT2D eigenvalue weighted by molar-refractivity contribution is 0.450. The number of aromatic nitrogens is 3. The van der Waals surface area contributed by atoms with E-state index in [4.69, 9.17) is 4.42 Å². The largest absolute Gasteiger partial charge is 0.408 e. The van der Waals surface area contributed by atoms with Gasteiger partial charge in [0.15, 0.2) is 5.89 Å². The molecule has 0 radical (unpaired) electrons. The molecule has 0 atom stereocenters. The molecule has 0 aliphatic rings. The number of benzene rings is 3. The van der Waals surface area contributed by atoms with Gasteiger partial charge in [0.2, 0.25) is 0 Å². The van der Waals surface area contributed by atoms with Crippen LogP contribution in [0.3, 0.4) is 0 Å². The smallest absolute Gasteiger partial charge is 0.346 e. The van der Waals surface area contributed by atoms with Crippen molar-refractivity contribution in [3.8, 4) is 5.69 Å². The molecule has 0 saturated heterocycles. The van der Waals surface area contributed by atoms with Crippen LogP contribution < -0.4 is 11.2 Å². The van der Waals surface area contributed by atoms with Crippen LogP contribution in [0.2, 0.25) is 0 Å². The van der Waals surface area contributed by atoms with Crippen LogP contribution in [0.25, 0.3) is 27.5 Å². The number of hydrogen-bond acceptors (Lipinski definition) is 5. The van der Waals surface area contributed by atoms with Crippen molar-refractivity contribution >= 4 is 21.8 Å². The van der Waals surface area contributed by atoms with E-state index in [0.717, 1.165) is 0 Å². The summed E-state index contributed by atoms with van der Waals surface area (Å²) in [5, 5.41) is 1.11. The fraction of sp³-hybridized carbons (Fsp3) is 0.185. The first-order valence-electron chi connectivity index (χ1n) is 10.7. The molecule has 3 aromatic carbocycles. The van der Waals surface area contributed by atoms with Crippen molar-refractivity contribution in [2.75, 3.05) is 0 Å². The Morgan fingerprint density at radius 3 is 2.00 bits per heavy atom. The van der Waals surface area contributed by atoms with Crippen molar-refractivity contribution in [3.05, 3.63) is 111 Å². The Bertz CT molecular complexity index is 1540. The summed E-state index contributed by atoms with van der Waals surface area (Å²) in [5.74, 6) is 0.831. The van der Waals surface area contributed by atoms with E-state index in [1.165, 1.54) is 12.1 Å². The molecule has 34 heavy (non-hydrogen) atoms. The molecule has 2 aromatic heterocycles. The Labute approximate surface area is 196 Å². The predicted octanol–water partition coefficient (Wildman–Crippen LogP) is 5.47. The lowest BCUT2D eigenvalue weighted by Crippen LogP contribution is -2.23. The molecule has 2 heterocycles. The molecule has 0 spiro atoms. The second-order valence-electron chi connectivity index (χ2n) is 7.28. The Kier molecular flexibility index (Phi) is 7.68. The van der Waals surface area contributed by atoms with Gasteiger partial charge in [0.1, 0.15) is 11.6 Å². The molecular formula is C27H26FN3O3. The van der Waals surface area contributed by atoms with Crippen molar-refractivity contribution < 1.29 is 8.81 Å². The van der Waals surface area contributed by atoms with Crippen molar-refractivity contribution in [2.24, 2.45) is 0 Å². The molecular weight excluding hydrogens is 433 g/mol. The summed E-state index contributed by atoms with van der Waals surface area (Å²) in [6.07, 6.45) is 1.26. The summed E-state index contributed by atoms with van der Waals surface area (Å²) in [7, 11) is 0. The van der Waals surface area contributed by atoms with E-state index in [1.807, 2.05) is 44.2 Å². The number of aryl methyl sites for hydroxylation is 2. The molecule has 0 saturated carbocycles. The molecule has 0 bridgehead atoms. The third kappa shape index (κ3) is 4.93.